The lowest BCUT2D eigenvalue weighted by Gasteiger charge is -2.33. The zero-order chi connectivity index (χ0) is 25.0. The quantitative estimate of drug-likeness (QED) is 0.547. The molecule has 9 heteroatoms. The van der Waals surface area contributed by atoms with E-state index in [1.165, 1.54) is 28.8 Å². The number of benzene rings is 2. The monoisotopic (exact) mass is 487 g/mol. The van der Waals surface area contributed by atoms with Crippen molar-refractivity contribution in [2.24, 2.45) is 0 Å². The first-order chi connectivity index (χ1) is 16.0. The number of nitrogens with zero attached hydrogens (tertiary/aromatic N) is 2. The number of thioether (sulfide) groups is 1. The van der Waals surface area contributed by atoms with Crippen molar-refractivity contribution < 1.29 is 23.9 Å². The Balaban J connectivity index is 1.66. The maximum absolute atomic E-state index is 13.3. The van der Waals surface area contributed by atoms with Crippen molar-refractivity contribution in [2.45, 2.75) is 45.0 Å². The number of nitrogens with one attached hydrogen (secondary N) is 1. The van der Waals surface area contributed by atoms with E-state index in [0.29, 0.717) is 36.5 Å². The zero-order valence-electron chi connectivity index (χ0n) is 19.8. The van der Waals surface area contributed by atoms with Crippen LogP contribution in [0.25, 0.3) is 0 Å². The summed E-state index contributed by atoms with van der Waals surface area (Å²) in [5, 5.41) is 11.9. The Morgan fingerprint density at radius 3 is 2.47 bits per heavy atom. The lowest BCUT2D eigenvalue weighted by molar-refractivity contribution is -0.115. The van der Waals surface area contributed by atoms with Gasteiger partial charge in [0.15, 0.2) is 0 Å². The summed E-state index contributed by atoms with van der Waals surface area (Å²) in [6.45, 7) is 7.99. The standard InChI is InChI=1S/C25H30FN3O4S/c1-16-14-18(22(31)27-12-5-13-28(24(32)33)25(2,3)4)8-11-20(16)29-21(30)15-34-23(29)17-6-9-19(26)10-7-17/h6-11,14,23H,5,12-13,15H2,1-4H3,(H,27,31)(H,32,33). The van der Waals surface area contributed by atoms with E-state index in [2.05, 4.69) is 5.32 Å². The highest BCUT2D eigenvalue weighted by molar-refractivity contribution is 8.00. The molecule has 0 spiro atoms. The van der Waals surface area contributed by atoms with Crippen LogP contribution in [0, 0.1) is 12.7 Å². The number of hydrogen-bond donors (Lipinski definition) is 2. The largest absolute Gasteiger partial charge is 0.465 e. The van der Waals surface area contributed by atoms with Gasteiger partial charge in [0.25, 0.3) is 5.91 Å². The number of aryl methyl sites for hydroxylation is 1. The Hall–Kier alpha value is -3.07. The van der Waals surface area contributed by atoms with Crippen LogP contribution >= 0.6 is 11.8 Å². The molecule has 1 atom stereocenters. The topological polar surface area (TPSA) is 89.9 Å². The van der Waals surface area contributed by atoms with E-state index in [1.54, 1.807) is 35.2 Å². The molecule has 0 aromatic heterocycles. The number of halogens is 1. The first-order valence-electron chi connectivity index (χ1n) is 11.1. The summed E-state index contributed by atoms with van der Waals surface area (Å²) in [6, 6.07) is 11.3. The molecule has 7 nitrogen and oxygen atoms in total. The first kappa shape index (κ1) is 25.6. The van der Waals surface area contributed by atoms with Gasteiger partial charge in [0, 0.05) is 29.9 Å². The SMILES string of the molecule is Cc1cc(C(=O)NCCCN(C(=O)O)C(C)(C)C)ccc1N1C(=O)CSC1c1ccc(F)cc1. The summed E-state index contributed by atoms with van der Waals surface area (Å²) >= 11 is 1.48. The van der Waals surface area contributed by atoms with E-state index in [9.17, 15) is 23.9 Å². The molecule has 1 fully saturated rings. The van der Waals surface area contributed by atoms with Gasteiger partial charge in [-0.3, -0.25) is 14.5 Å². The molecule has 3 amide bonds. The van der Waals surface area contributed by atoms with Crippen LogP contribution in [0.3, 0.4) is 0 Å². The lowest BCUT2D eigenvalue weighted by Crippen LogP contribution is -2.46. The van der Waals surface area contributed by atoms with Gasteiger partial charge in [0.05, 0.1) is 5.75 Å². The molecule has 1 heterocycles. The summed E-state index contributed by atoms with van der Waals surface area (Å²) in [7, 11) is 0. The average molecular weight is 488 g/mol. The Labute approximate surface area is 203 Å². The minimum atomic E-state index is -0.987. The Morgan fingerprint density at radius 1 is 1.21 bits per heavy atom. The van der Waals surface area contributed by atoms with Crippen LogP contribution in [0.5, 0.6) is 0 Å². The van der Waals surface area contributed by atoms with Crippen LogP contribution in [0.15, 0.2) is 42.5 Å². The Morgan fingerprint density at radius 2 is 1.88 bits per heavy atom. The normalized spacial score (nSPS) is 16.0. The summed E-state index contributed by atoms with van der Waals surface area (Å²) in [4.78, 5) is 39.7. The molecule has 34 heavy (non-hydrogen) atoms. The first-order valence-corrected chi connectivity index (χ1v) is 12.1. The molecule has 0 radical (unpaired) electrons. The highest BCUT2D eigenvalue weighted by Gasteiger charge is 2.35. The fraction of sp³-hybridized carbons (Fsp3) is 0.400. The van der Waals surface area contributed by atoms with Crippen LogP contribution < -0.4 is 10.2 Å². The van der Waals surface area contributed by atoms with Crippen LogP contribution in [-0.2, 0) is 4.79 Å². The highest BCUT2D eigenvalue weighted by atomic mass is 32.2. The molecule has 1 aliphatic heterocycles. The summed E-state index contributed by atoms with van der Waals surface area (Å²) in [5.74, 6) is -0.303. The van der Waals surface area contributed by atoms with Crippen molar-refractivity contribution >= 4 is 35.4 Å². The number of rotatable bonds is 7. The number of hydrogen-bond acceptors (Lipinski definition) is 4. The van der Waals surface area contributed by atoms with Crippen LogP contribution in [-0.4, -0.2) is 52.3 Å². The third-order valence-corrected chi connectivity index (χ3v) is 6.84. The maximum Gasteiger partial charge on any atom is 0.407 e. The molecule has 1 saturated heterocycles. The molecule has 0 aliphatic carbocycles. The van der Waals surface area contributed by atoms with E-state index in [0.717, 1.165) is 11.1 Å². The minimum Gasteiger partial charge on any atom is -0.465 e. The molecule has 1 aliphatic rings. The van der Waals surface area contributed by atoms with E-state index in [-0.39, 0.29) is 23.0 Å². The summed E-state index contributed by atoms with van der Waals surface area (Å²) in [6.07, 6.45) is -0.496. The molecule has 2 aromatic carbocycles. The Bertz CT molecular complexity index is 1070. The van der Waals surface area contributed by atoms with Crippen molar-refractivity contribution in [3.05, 3.63) is 65.0 Å². The molecule has 0 saturated carbocycles. The second-order valence-electron chi connectivity index (χ2n) is 9.19. The van der Waals surface area contributed by atoms with Crippen molar-refractivity contribution in [2.75, 3.05) is 23.7 Å². The number of carbonyl (C=O) groups is 3. The van der Waals surface area contributed by atoms with Crippen LogP contribution in [0.4, 0.5) is 14.9 Å². The van der Waals surface area contributed by atoms with Gasteiger partial charge in [-0.1, -0.05) is 12.1 Å². The van der Waals surface area contributed by atoms with Gasteiger partial charge in [0.2, 0.25) is 5.91 Å². The molecular weight excluding hydrogens is 457 g/mol. The number of carboxylic acid groups (broad SMARTS) is 1. The molecule has 2 N–H and O–H groups in total. The molecule has 182 valence electrons. The van der Waals surface area contributed by atoms with Crippen molar-refractivity contribution in [1.29, 1.82) is 0 Å². The number of anilines is 1. The fourth-order valence-electron chi connectivity index (χ4n) is 3.88. The minimum absolute atomic E-state index is 0.0403. The lowest BCUT2D eigenvalue weighted by atomic mass is 10.1. The van der Waals surface area contributed by atoms with Crippen molar-refractivity contribution in [3.8, 4) is 0 Å². The van der Waals surface area contributed by atoms with E-state index in [4.69, 9.17) is 0 Å². The summed E-state index contributed by atoms with van der Waals surface area (Å²) < 4.78 is 13.3. The molecule has 1 unspecified atom stereocenters. The van der Waals surface area contributed by atoms with Crippen molar-refractivity contribution in [1.82, 2.24) is 10.2 Å². The number of carbonyl (C=O) groups excluding carboxylic acids is 2. The maximum atomic E-state index is 13.3. The molecule has 3 rings (SSSR count). The molecule has 0 bridgehead atoms. The third kappa shape index (κ3) is 5.88. The van der Waals surface area contributed by atoms with Gasteiger partial charge < -0.3 is 15.3 Å². The van der Waals surface area contributed by atoms with E-state index >= 15 is 0 Å². The van der Waals surface area contributed by atoms with Crippen molar-refractivity contribution in [3.63, 3.8) is 0 Å². The van der Waals surface area contributed by atoms with Crippen LogP contribution in [0.1, 0.15) is 54.1 Å². The van der Waals surface area contributed by atoms with Gasteiger partial charge in [0.1, 0.15) is 11.2 Å². The highest BCUT2D eigenvalue weighted by Crippen LogP contribution is 2.42. The van der Waals surface area contributed by atoms with E-state index in [1.807, 2.05) is 27.7 Å². The predicted octanol–water partition coefficient (Wildman–Crippen LogP) is 4.81. The second-order valence-corrected chi connectivity index (χ2v) is 10.3. The van der Waals surface area contributed by atoms with Gasteiger partial charge in [-0.2, -0.15) is 0 Å². The fourth-order valence-corrected chi connectivity index (χ4v) is 5.05. The van der Waals surface area contributed by atoms with E-state index < -0.39 is 11.6 Å². The van der Waals surface area contributed by atoms with Gasteiger partial charge >= 0.3 is 6.09 Å². The Kier molecular flexibility index (Phi) is 7.86. The van der Waals surface area contributed by atoms with Gasteiger partial charge in [-0.15, -0.1) is 11.8 Å². The molecule has 2 aromatic rings. The van der Waals surface area contributed by atoms with Crippen LogP contribution in [0.2, 0.25) is 0 Å². The van der Waals surface area contributed by atoms with Gasteiger partial charge in [-0.05, 0) is 75.6 Å². The summed E-state index contributed by atoms with van der Waals surface area (Å²) in [5.41, 5.74) is 2.28. The smallest absolute Gasteiger partial charge is 0.407 e. The zero-order valence-corrected chi connectivity index (χ0v) is 20.6. The second kappa shape index (κ2) is 10.5. The van der Waals surface area contributed by atoms with Gasteiger partial charge in [-0.25, -0.2) is 9.18 Å². The molecular formula is C25H30FN3O4S. The third-order valence-electron chi connectivity index (χ3n) is 5.63. The predicted molar refractivity (Wildman–Crippen MR) is 132 cm³/mol. The number of amides is 3. The average Bonchev–Trinajstić information content (AvgIpc) is 3.13.